The van der Waals surface area contributed by atoms with Crippen LogP contribution in [0.5, 0.6) is 0 Å². The second-order valence-electron chi connectivity index (χ2n) is 8.33. The van der Waals surface area contributed by atoms with Crippen LogP contribution >= 0.6 is 0 Å². The number of aryl methyl sites for hydroxylation is 3. The molecule has 0 bridgehead atoms. The van der Waals surface area contributed by atoms with Crippen LogP contribution in [0, 0.1) is 27.7 Å². The molecule has 2 atom stereocenters. The second-order valence-corrected chi connectivity index (χ2v) is 8.33. The molecule has 0 spiro atoms. The van der Waals surface area contributed by atoms with E-state index in [0.717, 1.165) is 33.9 Å². The number of carbonyl (C=O) groups is 1. The highest BCUT2D eigenvalue weighted by Gasteiger charge is 2.30. The average Bonchev–Trinajstić information content (AvgIpc) is 3.01. The first-order valence-electron chi connectivity index (χ1n) is 10.7. The molecule has 0 radical (unpaired) electrons. The molecule has 1 saturated heterocycles. The van der Waals surface area contributed by atoms with Crippen LogP contribution in [0.3, 0.4) is 0 Å². The van der Waals surface area contributed by atoms with Gasteiger partial charge < -0.3 is 9.64 Å². The Bertz CT molecular complexity index is 1070. The molecule has 7 nitrogen and oxygen atoms in total. The number of carbonyl (C=O) groups excluding carboxylic acids is 1. The third kappa shape index (κ3) is 4.51. The Hall–Kier alpha value is -3.06. The van der Waals surface area contributed by atoms with Crippen molar-refractivity contribution in [1.82, 2.24) is 24.6 Å². The molecular weight excluding hydrogens is 390 g/mol. The Morgan fingerprint density at radius 2 is 1.74 bits per heavy atom. The highest BCUT2D eigenvalue weighted by molar-refractivity contribution is 5.79. The van der Waals surface area contributed by atoms with Crippen molar-refractivity contribution >= 4 is 5.91 Å². The highest BCUT2D eigenvalue weighted by Crippen LogP contribution is 2.26. The zero-order valence-corrected chi connectivity index (χ0v) is 18.8. The van der Waals surface area contributed by atoms with Gasteiger partial charge in [-0.1, -0.05) is 30.3 Å². The van der Waals surface area contributed by atoms with Crippen molar-refractivity contribution in [3.05, 3.63) is 70.3 Å². The fraction of sp³-hybridized carbons (Fsp3) is 0.417. The smallest absolute Gasteiger partial charge is 0.251 e. The van der Waals surface area contributed by atoms with Crippen LogP contribution in [-0.2, 0) is 16.0 Å². The first kappa shape index (κ1) is 21.2. The zero-order chi connectivity index (χ0) is 22.1. The predicted molar refractivity (Wildman–Crippen MR) is 118 cm³/mol. The van der Waals surface area contributed by atoms with Gasteiger partial charge >= 0.3 is 0 Å². The van der Waals surface area contributed by atoms with E-state index < -0.39 is 0 Å². The molecule has 162 valence electrons. The summed E-state index contributed by atoms with van der Waals surface area (Å²) in [5.41, 5.74) is 5.54. The normalized spacial score (nSPS) is 18.9. The van der Waals surface area contributed by atoms with Crippen molar-refractivity contribution in [2.45, 2.75) is 53.2 Å². The van der Waals surface area contributed by atoms with E-state index in [1.807, 2.05) is 75.9 Å². The van der Waals surface area contributed by atoms with E-state index >= 15 is 0 Å². The lowest BCUT2D eigenvalue weighted by Gasteiger charge is -2.37. The predicted octanol–water partition coefficient (Wildman–Crippen LogP) is 3.43. The molecule has 31 heavy (non-hydrogen) atoms. The third-order valence-electron chi connectivity index (χ3n) is 5.71. The summed E-state index contributed by atoms with van der Waals surface area (Å²) in [7, 11) is 0. The topological polar surface area (TPSA) is 73.1 Å². The number of benzene rings is 1. The van der Waals surface area contributed by atoms with Gasteiger partial charge in [-0.2, -0.15) is 5.10 Å². The minimum Gasteiger partial charge on any atom is -0.367 e. The van der Waals surface area contributed by atoms with Crippen molar-refractivity contribution in [3.8, 4) is 5.95 Å². The van der Waals surface area contributed by atoms with Crippen LogP contribution in [0.4, 0.5) is 0 Å². The number of rotatable bonds is 4. The Kier molecular flexibility index (Phi) is 5.87. The molecular formula is C24H29N5O2. The lowest BCUT2D eigenvalue weighted by atomic mass is 10.0. The standard InChI is InChI=1S/C24H29N5O2/c1-15-11-16(2)26-24(25-15)29-19(5)21(18(4)27-29)12-23(30)28-13-17(3)31-22(14-28)20-9-7-6-8-10-20/h6-11,17,22H,12-14H2,1-5H3. The maximum Gasteiger partial charge on any atom is 0.251 e. The van der Waals surface area contributed by atoms with Gasteiger partial charge in [0.15, 0.2) is 0 Å². The summed E-state index contributed by atoms with van der Waals surface area (Å²) in [6.07, 6.45) is 0.176. The molecule has 2 unspecified atom stereocenters. The van der Waals surface area contributed by atoms with Gasteiger partial charge in [-0.25, -0.2) is 14.6 Å². The quantitative estimate of drug-likeness (QED) is 0.648. The third-order valence-corrected chi connectivity index (χ3v) is 5.71. The van der Waals surface area contributed by atoms with Gasteiger partial charge in [-0.3, -0.25) is 4.79 Å². The molecule has 0 aliphatic carbocycles. The second kappa shape index (κ2) is 8.59. The van der Waals surface area contributed by atoms with Crippen LogP contribution in [0.2, 0.25) is 0 Å². The molecule has 4 rings (SSSR count). The maximum atomic E-state index is 13.3. The summed E-state index contributed by atoms with van der Waals surface area (Å²) < 4.78 is 7.85. The van der Waals surface area contributed by atoms with Crippen LogP contribution in [0.1, 0.15) is 46.9 Å². The first-order valence-corrected chi connectivity index (χ1v) is 10.7. The van der Waals surface area contributed by atoms with Gasteiger partial charge in [-0.15, -0.1) is 0 Å². The number of aromatic nitrogens is 4. The number of hydrogen-bond donors (Lipinski definition) is 0. The van der Waals surface area contributed by atoms with Crippen molar-refractivity contribution in [2.75, 3.05) is 13.1 Å². The number of morpholine rings is 1. The van der Waals surface area contributed by atoms with Crippen molar-refractivity contribution in [1.29, 1.82) is 0 Å². The monoisotopic (exact) mass is 419 g/mol. The minimum atomic E-state index is -0.109. The summed E-state index contributed by atoms with van der Waals surface area (Å²) in [4.78, 5) is 24.2. The maximum absolute atomic E-state index is 13.3. The molecule has 1 fully saturated rings. The van der Waals surface area contributed by atoms with E-state index in [1.54, 1.807) is 4.68 Å². The van der Waals surface area contributed by atoms with E-state index in [0.29, 0.717) is 25.5 Å². The molecule has 2 aromatic heterocycles. The van der Waals surface area contributed by atoms with Gasteiger partial charge in [-0.05, 0) is 46.2 Å². The van der Waals surface area contributed by atoms with Crippen LogP contribution in [0.15, 0.2) is 36.4 Å². The number of nitrogens with zero attached hydrogens (tertiary/aromatic N) is 5. The lowest BCUT2D eigenvalue weighted by Crippen LogP contribution is -2.46. The Labute approximate surface area is 183 Å². The van der Waals surface area contributed by atoms with Gasteiger partial charge in [0.1, 0.15) is 6.10 Å². The van der Waals surface area contributed by atoms with Crippen LogP contribution in [-0.4, -0.2) is 49.7 Å². The van der Waals surface area contributed by atoms with Gasteiger partial charge in [0.05, 0.1) is 24.8 Å². The molecule has 7 heteroatoms. The van der Waals surface area contributed by atoms with Crippen LogP contribution in [0.25, 0.3) is 5.95 Å². The molecule has 3 heterocycles. The Morgan fingerprint density at radius 1 is 1.06 bits per heavy atom. The SMILES string of the molecule is Cc1cc(C)nc(-n2nc(C)c(CC(=O)N3CC(C)OC(c4ccccc4)C3)c2C)n1. The largest absolute Gasteiger partial charge is 0.367 e. The van der Waals surface area contributed by atoms with Crippen LogP contribution < -0.4 is 0 Å². The van der Waals surface area contributed by atoms with E-state index in [4.69, 9.17) is 4.74 Å². The van der Waals surface area contributed by atoms with Crippen molar-refractivity contribution < 1.29 is 9.53 Å². The molecule has 1 aromatic carbocycles. The summed E-state index contributed by atoms with van der Waals surface area (Å²) >= 11 is 0. The molecule has 1 amide bonds. The Balaban J connectivity index is 1.55. The highest BCUT2D eigenvalue weighted by atomic mass is 16.5. The van der Waals surface area contributed by atoms with Gasteiger partial charge in [0, 0.05) is 29.2 Å². The van der Waals surface area contributed by atoms with Gasteiger partial charge in [0.25, 0.3) is 5.95 Å². The zero-order valence-electron chi connectivity index (χ0n) is 18.8. The molecule has 0 N–H and O–H groups in total. The van der Waals surface area contributed by atoms with Gasteiger partial charge in [0.2, 0.25) is 5.91 Å². The minimum absolute atomic E-state index is 0.0171. The summed E-state index contributed by atoms with van der Waals surface area (Å²) in [5.74, 6) is 0.629. The van der Waals surface area contributed by atoms with E-state index in [9.17, 15) is 4.79 Å². The average molecular weight is 420 g/mol. The number of amides is 1. The molecule has 1 aliphatic heterocycles. The molecule has 0 saturated carbocycles. The molecule has 3 aromatic rings. The van der Waals surface area contributed by atoms with E-state index in [2.05, 4.69) is 15.1 Å². The summed E-state index contributed by atoms with van der Waals surface area (Å²) in [6, 6.07) is 12.0. The fourth-order valence-corrected chi connectivity index (χ4v) is 4.20. The lowest BCUT2D eigenvalue weighted by molar-refractivity contribution is -0.144. The fourth-order valence-electron chi connectivity index (χ4n) is 4.20. The first-order chi connectivity index (χ1) is 14.8. The van der Waals surface area contributed by atoms with E-state index in [1.165, 1.54) is 0 Å². The molecule has 1 aliphatic rings. The number of hydrogen-bond acceptors (Lipinski definition) is 5. The van der Waals surface area contributed by atoms with Crippen molar-refractivity contribution in [2.24, 2.45) is 0 Å². The van der Waals surface area contributed by atoms with Crippen molar-refractivity contribution in [3.63, 3.8) is 0 Å². The summed E-state index contributed by atoms with van der Waals surface area (Å²) in [6.45, 7) is 10.9. The number of ether oxygens (including phenoxy) is 1. The summed E-state index contributed by atoms with van der Waals surface area (Å²) in [5, 5.41) is 4.63. The Morgan fingerprint density at radius 3 is 2.42 bits per heavy atom. The van der Waals surface area contributed by atoms with E-state index in [-0.39, 0.29) is 18.1 Å².